The summed E-state index contributed by atoms with van der Waals surface area (Å²) in [6, 6.07) is 0.191. The van der Waals surface area contributed by atoms with E-state index in [1.54, 1.807) is 12.4 Å². The van der Waals surface area contributed by atoms with Crippen LogP contribution in [0.1, 0.15) is 29.4 Å². The Labute approximate surface area is 127 Å². The minimum atomic E-state index is -0.111. The number of piperidine rings is 1. The molecular formula is C14H19N5OS. The molecule has 1 fully saturated rings. The van der Waals surface area contributed by atoms with Crippen molar-refractivity contribution in [1.82, 2.24) is 20.2 Å². The Morgan fingerprint density at radius 2 is 2.33 bits per heavy atom. The standard InChI is InChI=1S/C14H19N5OS/c1-2-19-7-3-4-9(8-19)18-13(20)12-10(15)11-14(21-12)17-6-5-16-11/h5-6,9H,2-4,7-8,15H2,1H3,(H,18,20). The number of nitrogens with one attached hydrogen (secondary N) is 1. The van der Waals surface area contributed by atoms with E-state index in [1.807, 2.05) is 0 Å². The molecule has 0 spiro atoms. The van der Waals surface area contributed by atoms with Gasteiger partial charge in [-0.2, -0.15) is 0 Å². The highest BCUT2D eigenvalue weighted by atomic mass is 32.1. The number of aromatic nitrogens is 2. The molecule has 1 unspecified atom stereocenters. The number of fused-ring (bicyclic) bond motifs is 1. The Morgan fingerprint density at radius 3 is 3.10 bits per heavy atom. The summed E-state index contributed by atoms with van der Waals surface area (Å²) in [4.78, 5) is 24.4. The first-order valence-corrected chi connectivity index (χ1v) is 8.03. The predicted octanol–water partition coefficient (Wildman–Crippen LogP) is 1.49. The van der Waals surface area contributed by atoms with Gasteiger partial charge in [0.05, 0.1) is 5.69 Å². The number of carbonyl (C=O) groups excluding carboxylic acids is 1. The SMILES string of the molecule is CCN1CCCC(NC(=O)c2sc3nccnc3c2N)C1. The highest BCUT2D eigenvalue weighted by Crippen LogP contribution is 2.30. The van der Waals surface area contributed by atoms with Gasteiger partial charge in [-0.05, 0) is 25.9 Å². The molecule has 1 aliphatic rings. The van der Waals surface area contributed by atoms with E-state index >= 15 is 0 Å². The first kappa shape index (κ1) is 14.2. The van der Waals surface area contributed by atoms with Gasteiger partial charge in [0.2, 0.25) is 0 Å². The van der Waals surface area contributed by atoms with Gasteiger partial charge in [0.25, 0.3) is 5.91 Å². The molecule has 3 heterocycles. The molecule has 1 aliphatic heterocycles. The number of nitrogens with two attached hydrogens (primary N) is 1. The van der Waals surface area contributed by atoms with Crippen molar-refractivity contribution in [2.45, 2.75) is 25.8 Å². The fraction of sp³-hybridized carbons (Fsp3) is 0.500. The van der Waals surface area contributed by atoms with Crippen molar-refractivity contribution in [3.8, 4) is 0 Å². The molecule has 0 bridgehead atoms. The smallest absolute Gasteiger partial charge is 0.263 e. The summed E-state index contributed by atoms with van der Waals surface area (Å²) in [5, 5.41) is 3.10. The van der Waals surface area contributed by atoms with E-state index in [0.29, 0.717) is 20.9 Å². The number of thiophene rings is 1. The molecule has 0 saturated carbocycles. The van der Waals surface area contributed by atoms with Crippen molar-refractivity contribution >= 4 is 33.3 Å². The maximum atomic E-state index is 12.4. The minimum absolute atomic E-state index is 0.111. The lowest BCUT2D eigenvalue weighted by atomic mass is 10.1. The van der Waals surface area contributed by atoms with E-state index in [1.165, 1.54) is 11.3 Å². The maximum absolute atomic E-state index is 12.4. The highest BCUT2D eigenvalue weighted by Gasteiger charge is 2.23. The first-order valence-electron chi connectivity index (χ1n) is 7.21. The summed E-state index contributed by atoms with van der Waals surface area (Å²) in [6.45, 7) is 5.18. The van der Waals surface area contributed by atoms with Gasteiger partial charge in [0.15, 0.2) is 0 Å². The van der Waals surface area contributed by atoms with Gasteiger partial charge in [0, 0.05) is 25.0 Å². The average Bonchev–Trinajstić information content (AvgIpc) is 2.85. The van der Waals surface area contributed by atoms with E-state index in [4.69, 9.17) is 5.73 Å². The molecule has 2 aromatic rings. The van der Waals surface area contributed by atoms with Crippen LogP contribution in [-0.2, 0) is 0 Å². The summed E-state index contributed by atoms with van der Waals surface area (Å²) in [6.07, 6.45) is 5.33. The van der Waals surface area contributed by atoms with Gasteiger partial charge in [-0.3, -0.25) is 4.79 Å². The van der Waals surface area contributed by atoms with Crippen molar-refractivity contribution in [2.75, 3.05) is 25.4 Å². The number of likely N-dealkylation sites (tertiary alicyclic amines) is 1. The Bertz CT molecular complexity index is 656. The van der Waals surface area contributed by atoms with Crippen molar-refractivity contribution in [3.63, 3.8) is 0 Å². The predicted molar refractivity (Wildman–Crippen MR) is 84.4 cm³/mol. The Hall–Kier alpha value is -1.73. The summed E-state index contributed by atoms with van der Waals surface area (Å²) in [5.74, 6) is -0.111. The molecular weight excluding hydrogens is 286 g/mol. The lowest BCUT2D eigenvalue weighted by molar-refractivity contribution is 0.0911. The summed E-state index contributed by atoms with van der Waals surface area (Å²) in [7, 11) is 0. The summed E-state index contributed by atoms with van der Waals surface area (Å²) < 4.78 is 0. The molecule has 0 radical (unpaired) electrons. The number of anilines is 1. The number of hydrogen-bond acceptors (Lipinski definition) is 6. The molecule has 3 rings (SSSR count). The van der Waals surface area contributed by atoms with E-state index in [-0.39, 0.29) is 11.9 Å². The molecule has 2 aromatic heterocycles. The van der Waals surface area contributed by atoms with Crippen LogP contribution in [0.5, 0.6) is 0 Å². The number of nitrogen functional groups attached to an aromatic ring is 1. The quantitative estimate of drug-likeness (QED) is 0.897. The average molecular weight is 305 g/mol. The molecule has 21 heavy (non-hydrogen) atoms. The fourth-order valence-electron chi connectivity index (χ4n) is 2.72. The second kappa shape index (κ2) is 5.95. The third kappa shape index (κ3) is 2.84. The normalized spacial score (nSPS) is 19.8. The van der Waals surface area contributed by atoms with Crippen LogP contribution < -0.4 is 11.1 Å². The van der Waals surface area contributed by atoms with E-state index < -0.39 is 0 Å². The van der Waals surface area contributed by atoms with Gasteiger partial charge < -0.3 is 16.0 Å². The van der Waals surface area contributed by atoms with Crippen LogP contribution in [0, 0.1) is 0 Å². The second-order valence-corrected chi connectivity index (χ2v) is 6.26. The Morgan fingerprint density at radius 1 is 1.52 bits per heavy atom. The molecule has 1 amide bonds. The van der Waals surface area contributed by atoms with Gasteiger partial charge >= 0.3 is 0 Å². The molecule has 1 atom stereocenters. The number of carbonyl (C=O) groups is 1. The summed E-state index contributed by atoms with van der Waals surface area (Å²) in [5.41, 5.74) is 7.09. The molecule has 0 aromatic carbocycles. The van der Waals surface area contributed by atoms with Crippen LogP contribution >= 0.6 is 11.3 Å². The van der Waals surface area contributed by atoms with Crippen LogP contribution in [0.3, 0.4) is 0 Å². The third-order valence-electron chi connectivity index (χ3n) is 3.86. The van der Waals surface area contributed by atoms with Crippen LogP contribution in [0.15, 0.2) is 12.4 Å². The number of nitrogens with zero attached hydrogens (tertiary/aromatic N) is 3. The zero-order valence-electron chi connectivity index (χ0n) is 12.0. The minimum Gasteiger partial charge on any atom is -0.396 e. The Balaban J connectivity index is 1.76. The first-order chi connectivity index (χ1) is 10.2. The molecule has 0 aliphatic carbocycles. The van der Waals surface area contributed by atoms with E-state index in [0.717, 1.165) is 32.5 Å². The van der Waals surface area contributed by atoms with Crippen molar-refractivity contribution in [1.29, 1.82) is 0 Å². The van der Waals surface area contributed by atoms with Crippen LogP contribution in [-0.4, -0.2) is 46.5 Å². The number of likely N-dealkylation sites (N-methyl/N-ethyl adjacent to an activating group) is 1. The topological polar surface area (TPSA) is 84.1 Å². The van der Waals surface area contributed by atoms with Gasteiger partial charge in [-0.15, -0.1) is 11.3 Å². The van der Waals surface area contributed by atoms with E-state index in [2.05, 4.69) is 27.1 Å². The third-order valence-corrected chi connectivity index (χ3v) is 4.96. The highest BCUT2D eigenvalue weighted by molar-refractivity contribution is 7.21. The lowest BCUT2D eigenvalue weighted by Crippen LogP contribution is -2.47. The maximum Gasteiger partial charge on any atom is 0.263 e. The van der Waals surface area contributed by atoms with Crippen molar-refractivity contribution < 1.29 is 4.79 Å². The summed E-state index contributed by atoms with van der Waals surface area (Å²) >= 11 is 1.30. The van der Waals surface area contributed by atoms with Crippen LogP contribution in [0.25, 0.3) is 10.3 Å². The Kier molecular flexibility index (Phi) is 4.03. The lowest BCUT2D eigenvalue weighted by Gasteiger charge is -2.32. The molecule has 1 saturated heterocycles. The number of amides is 1. The van der Waals surface area contributed by atoms with E-state index in [9.17, 15) is 4.79 Å². The van der Waals surface area contributed by atoms with Gasteiger partial charge in [0.1, 0.15) is 15.2 Å². The zero-order valence-corrected chi connectivity index (χ0v) is 12.8. The molecule has 112 valence electrons. The number of hydrogen-bond donors (Lipinski definition) is 2. The molecule has 3 N–H and O–H groups in total. The largest absolute Gasteiger partial charge is 0.396 e. The van der Waals surface area contributed by atoms with Crippen molar-refractivity contribution in [2.24, 2.45) is 0 Å². The van der Waals surface area contributed by atoms with Crippen LogP contribution in [0.4, 0.5) is 5.69 Å². The van der Waals surface area contributed by atoms with Crippen molar-refractivity contribution in [3.05, 3.63) is 17.3 Å². The number of rotatable bonds is 3. The monoisotopic (exact) mass is 305 g/mol. The fourth-order valence-corrected chi connectivity index (χ4v) is 3.65. The molecule has 7 heteroatoms. The second-order valence-electron chi connectivity index (χ2n) is 5.26. The molecule has 6 nitrogen and oxygen atoms in total. The zero-order chi connectivity index (χ0) is 14.8. The van der Waals surface area contributed by atoms with Gasteiger partial charge in [-0.25, -0.2) is 9.97 Å². The van der Waals surface area contributed by atoms with Gasteiger partial charge in [-0.1, -0.05) is 6.92 Å². The van der Waals surface area contributed by atoms with Crippen LogP contribution in [0.2, 0.25) is 0 Å².